The molecule has 0 aromatic heterocycles. The third-order valence-corrected chi connectivity index (χ3v) is 3.05. The van der Waals surface area contributed by atoms with Crippen molar-refractivity contribution in [1.29, 1.82) is 5.26 Å². The van der Waals surface area contributed by atoms with E-state index >= 15 is 0 Å². The van der Waals surface area contributed by atoms with Crippen molar-refractivity contribution in [2.75, 3.05) is 7.11 Å². The van der Waals surface area contributed by atoms with Crippen LogP contribution in [0.4, 0.5) is 0 Å². The van der Waals surface area contributed by atoms with Gasteiger partial charge in [0.15, 0.2) is 0 Å². The second kappa shape index (κ2) is 5.89. The summed E-state index contributed by atoms with van der Waals surface area (Å²) in [5.41, 5.74) is 1.49. The first-order valence-electron chi connectivity index (χ1n) is 6.03. The van der Waals surface area contributed by atoms with E-state index in [4.69, 9.17) is 9.84 Å². The summed E-state index contributed by atoms with van der Waals surface area (Å²) in [6.07, 6.45) is 0. The van der Waals surface area contributed by atoms with Crippen LogP contribution in [-0.4, -0.2) is 18.2 Å². The molecular formula is C16H13NO3. The van der Waals surface area contributed by atoms with E-state index in [0.29, 0.717) is 11.3 Å². The van der Waals surface area contributed by atoms with Crippen LogP contribution >= 0.6 is 0 Å². The molecule has 1 unspecified atom stereocenters. The van der Waals surface area contributed by atoms with Crippen molar-refractivity contribution >= 4 is 5.97 Å². The van der Waals surface area contributed by atoms with Gasteiger partial charge in [0.25, 0.3) is 0 Å². The molecule has 4 heteroatoms. The van der Waals surface area contributed by atoms with Gasteiger partial charge in [0, 0.05) is 5.56 Å². The molecule has 0 heterocycles. The van der Waals surface area contributed by atoms with Crippen molar-refractivity contribution in [2.45, 2.75) is 5.92 Å². The zero-order chi connectivity index (χ0) is 14.5. The maximum atomic E-state index is 11.1. The third kappa shape index (κ3) is 2.62. The molecule has 2 aromatic carbocycles. The van der Waals surface area contributed by atoms with Crippen molar-refractivity contribution in [3.05, 3.63) is 65.2 Å². The zero-order valence-electron chi connectivity index (χ0n) is 10.9. The summed E-state index contributed by atoms with van der Waals surface area (Å²) in [5, 5.41) is 18.5. The highest BCUT2D eigenvalue weighted by Gasteiger charge is 2.19. The molecule has 0 saturated heterocycles. The predicted octanol–water partition coefficient (Wildman–Crippen LogP) is 3.05. The van der Waals surface area contributed by atoms with Gasteiger partial charge in [-0.1, -0.05) is 30.3 Å². The number of carboxylic acids is 1. The number of nitriles is 1. The normalized spacial score (nSPS) is 11.4. The van der Waals surface area contributed by atoms with Crippen molar-refractivity contribution in [2.24, 2.45) is 0 Å². The number of hydrogen-bond donors (Lipinski definition) is 1. The van der Waals surface area contributed by atoms with Gasteiger partial charge < -0.3 is 9.84 Å². The number of rotatable bonds is 4. The minimum absolute atomic E-state index is 0.136. The molecule has 0 spiro atoms. The average Bonchev–Trinajstić information content (AvgIpc) is 2.49. The van der Waals surface area contributed by atoms with Crippen LogP contribution in [0.1, 0.15) is 27.4 Å². The van der Waals surface area contributed by atoms with E-state index in [-0.39, 0.29) is 5.56 Å². The van der Waals surface area contributed by atoms with E-state index in [1.807, 2.05) is 30.3 Å². The molecule has 0 aliphatic rings. The highest BCUT2D eigenvalue weighted by atomic mass is 16.5. The smallest absolute Gasteiger partial charge is 0.335 e. The first-order chi connectivity index (χ1) is 9.67. The van der Waals surface area contributed by atoms with Crippen molar-refractivity contribution in [3.63, 3.8) is 0 Å². The van der Waals surface area contributed by atoms with Crippen molar-refractivity contribution in [3.8, 4) is 11.8 Å². The molecule has 0 aliphatic carbocycles. The molecule has 0 saturated carbocycles. The fourth-order valence-corrected chi connectivity index (χ4v) is 2.06. The van der Waals surface area contributed by atoms with Gasteiger partial charge in [-0.2, -0.15) is 5.26 Å². The Kier molecular flexibility index (Phi) is 4.02. The van der Waals surface area contributed by atoms with E-state index < -0.39 is 11.9 Å². The summed E-state index contributed by atoms with van der Waals surface area (Å²) in [4.78, 5) is 11.1. The van der Waals surface area contributed by atoms with E-state index in [0.717, 1.165) is 5.56 Å². The maximum absolute atomic E-state index is 11.1. The number of carbonyl (C=O) groups is 1. The number of aromatic carboxylic acids is 1. The molecule has 2 aromatic rings. The molecule has 4 nitrogen and oxygen atoms in total. The highest BCUT2D eigenvalue weighted by molar-refractivity contribution is 5.88. The maximum Gasteiger partial charge on any atom is 0.335 e. The lowest BCUT2D eigenvalue weighted by molar-refractivity contribution is 0.0696. The van der Waals surface area contributed by atoms with Crippen LogP contribution in [0.5, 0.6) is 5.75 Å². The van der Waals surface area contributed by atoms with Gasteiger partial charge in [-0.25, -0.2) is 4.79 Å². The summed E-state index contributed by atoms with van der Waals surface area (Å²) in [6, 6.07) is 15.9. The zero-order valence-corrected chi connectivity index (χ0v) is 10.9. The van der Waals surface area contributed by atoms with E-state index in [9.17, 15) is 10.1 Å². The molecular weight excluding hydrogens is 254 g/mol. The van der Waals surface area contributed by atoms with Gasteiger partial charge in [-0.05, 0) is 23.8 Å². The Bertz CT molecular complexity index is 659. The first-order valence-corrected chi connectivity index (χ1v) is 6.03. The molecule has 100 valence electrons. The van der Waals surface area contributed by atoms with Gasteiger partial charge in [-0.15, -0.1) is 0 Å². The molecule has 2 rings (SSSR count). The lowest BCUT2D eigenvalue weighted by atomic mass is 9.91. The SMILES string of the molecule is COc1ccc(C(=O)O)cc1C(C#N)c1ccccc1. The van der Waals surface area contributed by atoms with Gasteiger partial charge in [0.2, 0.25) is 0 Å². The van der Waals surface area contributed by atoms with Gasteiger partial charge in [0.05, 0.1) is 24.7 Å². The van der Waals surface area contributed by atoms with Crippen LogP contribution in [0, 0.1) is 11.3 Å². The number of benzene rings is 2. The second-order valence-electron chi connectivity index (χ2n) is 4.23. The van der Waals surface area contributed by atoms with Crippen LogP contribution < -0.4 is 4.74 Å². The topological polar surface area (TPSA) is 70.3 Å². The van der Waals surface area contributed by atoms with Crippen LogP contribution in [0.2, 0.25) is 0 Å². The Morgan fingerprint density at radius 1 is 1.25 bits per heavy atom. The summed E-state index contributed by atoms with van der Waals surface area (Å²) >= 11 is 0. The van der Waals surface area contributed by atoms with Crippen LogP contribution in [0.15, 0.2) is 48.5 Å². The van der Waals surface area contributed by atoms with Crippen molar-refractivity contribution < 1.29 is 14.6 Å². The van der Waals surface area contributed by atoms with E-state index in [2.05, 4.69) is 6.07 Å². The number of methoxy groups -OCH3 is 1. The summed E-state index contributed by atoms with van der Waals surface area (Å²) in [7, 11) is 1.50. The Hall–Kier alpha value is -2.80. The monoisotopic (exact) mass is 267 g/mol. The lowest BCUT2D eigenvalue weighted by Crippen LogP contribution is -2.04. The Morgan fingerprint density at radius 3 is 2.50 bits per heavy atom. The Balaban J connectivity index is 2.56. The summed E-state index contributed by atoms with van der Waals surface area (Å²) < 4.78 is 5.24. The minimum atomic E-state index is -1.03. The fourth-order valence-electron chi connectivity index (χ4n) is 2.06. The minimum Gasteiger partial charge on any atom is -0.496 e. The second-order valence-corrected chi connectivity index (χ2v) is 4.23. The van der Waals surface area contributed by atoms with Crippen LogP contribution in [-0.2, 0) is 0 Å². The first kappa shape index (κ1) is 13.6. The molecule has 20 heavy (non-hydrogen) atoms. The third-order valence-electron chi connectivity index (χ3n) is 3.05. The number of hydrogen-bond acceptors (Lipinski definition) is 3. The van der Waals surface area contributed by atoms with E-state index in [1.54, 1.807) is 6.07 Å². The highest BCUT2D eigenvalue weighted by Crippen LogP contribution is 2.32. The van der Waals surface area contributed by atoms with E-state index in [1.165, 1.54) is 19.2 Å². The summed E-state index contributed by atoms with van der Waals surface area (Å²) in [5.74, 6) is -1.09. The van der Waals surface area contributed by atoms with Gasteiger partial charge in [0.1, 0.15) is 5.75 Å². The number of ether oxygens (including phenoxy) is 1. The fraction of sp³-hybridized carbons (Fsp3) is 0.125. The number of nitrogens with zero attached hydrogens (tertiary/aromatic N) is 1. The summed E-state index contributed by atoms with van der Waals surface area (Å²) in [6.45, 7) is 0. The average molecular weight is 267 g/mol. The predicted molar refractivity (Wildman–Crippen MR) is 73.9 cm³/mol. The molecule has 0 fully saturated rings. The molecule has 0 radical (unpaired) electrons. The lowest BCUT2D eigenvalue weighted by Gasteiger charge is -2.14. The quantitative estimate of drug-likeness (QED) is 0.924. The van der Waals surface area contributed by atoms with Crippen molar-refractivity contribution in [1.82, 2.24) is 0 Å². The Morgan fingerprint density at radius 2 is 1.95 bits per heavy atom. The standard InChI is InChI=1S/C16H13NO3/c1-20-15-8-7-12(16(18)19)9-13(15)14(10-17)11-5-3-2-4-6-11/h2-9,14H,1H3,(H,18,19). The molecule has 0 amide bonds. The molecule has 1 atom stereocenters. The van der Waals surface area contributed by atoms with Gasteiger partial charge in [-0.3, -0.25) is 0 Å². The van der Waals surface area contributed by atoms with Crippen LogP contribution in [0.3, 0.4) is 0 Å². The van der Waals surface area contributed by atoms with Gasteiger partial charge >= 0.3 is 5.97 Å². The molecule has 0 aliphatic heterocycles. The Labute approximate surface area is 116 Å². The largest absolute Gasteiger partial charge is 0.496 e. The van der Waals surface area contributed by atoms with Crippen LogP contribution in [0.25, 0.3) is 0 Å². The number of carboxylic acid groups (broad SMARTS) is 1. The molecule has 1 N–H and O–H groups in total. The molecule has 0 bridgehead atoms.